The van der Waals surface area contributed by atoms with Gasteiger partial charge >= 0.3 is 5.97 Å². The van der Waals surface area contributed by atoms with Crippen LogP contribution in [-0.4, -0.2) is 22.8 Å². The Morgan fingerprint density at radius 1 is 1.70 bits per heavy atom. The van der Waals surface area contributed by atoms with Gasteiger partial charge in [0, 0.05) is 6.08 Å². The van der Waals surface area contributed by atoms with Gasteiger partial charge in [-0.15, -0.1) is 0 Å². The summed E-state index contributed by atoms with van der Waals surface area (Å²) in [6.07, 6.45) is 1.98. The average molecular weight is 142 g/mol. The third-order valence-corrected chi connectivity index (χ3v) is 1.49. The van der Waals surface area contributed by atoms with Gasteiger partial charge in [-0.1, -0.05) is 0 Å². The number of carbonyl (C=O) groups is 1. The molecule has 0 saturated carbocycles. The lowest BCUT2D eigenvalue weighted by atomic mass is 9.99. The van der Waals surface area contributed by atoms with Crippen molar-refractivity contribution in [1.29, 1.82) is 0 Å². The van der Waals surface area contributed by atoms with E-state index in [0.717, 1.165) is 0 Å². The Labute approximate surface area is 59.3 Å². The van der Waals surface area contributed by atoms with Crippen molar-refractivity contribution in [3.8, 4) is 0 Å². The molecule has 1 unspecified atom stereocenters. The molecule has 3 heteroatoms. The van der Waals surface area contributed by atoms with Gasteiger partial charge in [0.2, 0.25) is 0 Å². The van der Waals surface area contributed by atoms with E-state index in [-0.39, 0.29) is 0 Å². The van der Waals surface area contributed by atoms with Gasteiger partial charge in [-0.3, -0.25) is 0 Å². The van der Waals surface area contributed by atoms with E-state index in [1.165, 1.54) is 12.2 Å². The summed E-state index contributed by atoms with van der Waals surface area (Å²) in [7, 11) is 0. The first-order chi connectivity index (χ1) is 4.52. The molecule has 0 fully saturated rings. The molecule has 0 aromatic carbocycles. The van der Waals surface area contributed by atoms with Gasteiger partial charge < -0.3 is 9.84 Å². The fourth-order valence-corrected chi connectivity index (χ4v) is 0.755. The zero-order valence-corrected chi connectivity index (χ0v) is 6.00. The summed E-state index contributed by atoms with van der Waals surface area (Å²) < 4.78 is 4.81. The van der Waals surface area contributed by atoms with Crippen molar-refractivity contribution in [3.05, 3.63) is 12.2 Å². The molecule has 1 rings (SSSR count). The van der Waals surface area contributed by atoms with E-state index in [4.69, 9.17) is 4.74 Å². The van der Waals surface area contributed by atoms with Crippen LogP contribution in [0.15, 0.2) is 12.2 Å². The number of hydrogen-bond acceptors (Lipinski definition) is 3. The Balaban J connectivity index is 2.82. The van der Waals surface area contributed by atoms with Crippen molar-refractivity contribution in [2.75, 3.05) is 0 Å². The second kappa shape index (κ2) is 2.09. The summed E-state index contributed by atoms with van der Waals surface area (Å²) in [5.74, 6) is -0.393. The van der Waals surface area contributed by atoms with Crippen LogP contribution in [-0.2, 0) is 9.53 Å². The first kappa shape index (κ1) is 7.28. The summed E-state index contributed by atoms with van der Waals surface area (Å²) in [6, 6.07) is 0. The standard InChI is InChI=1S/C7H10O3/c1-7(2)5(8)3-4-6(9)10-7/h3-5,8H,1-2H3. The minimum absolute atomic E-state index is 0.393. The molecule has 0 aromatic heterocycles. The zero-order chi connectivity index (χ0) is 7.78. The van der Waals surface area contributed by atoms with Crippen LogP contribution in [0.3, 0.4) is 0 Å². The van der Waals surface area contributed by atoms with Gasteiger partial charge in [-0.05, 0) is 19.9 Å². The Hall–Kier alpha value is -0.830. The second-order valence-corrected chi connectivity index (χ2v) is 2.83. The summed E-state index contributed by atoms with van der Waals surface area (Å²) in [5, 5.41) is 9.19. The first-order valence-electron chi connectivity index (χ1n) is 3.11. The number of aliphatic hydroxyl groups excluding tert-OH is 1. The average Bonchev–Trinajstić information content (AvgIpc) is 1.78. The van der Waals surface area contributed by atoms with E-state index in [1.54, 1.807) is 13.8 Å². The van der Waals surface area contributed by atoms with E-state index < -0.39 is 17.7 Å². The molecule has 56 valence electrons. The Morgan fingerprint density at radius 2 is 2.30 bits per heavy atom. The topological polar surface area (TPSA) is 46.5 Å². The lowest BCUT2D eigenvalue weighted by Gasteiger charge is -2.30. The Morgan fingerprint density at radius 3 is 2.70 bits per heavy atom. The number of carbonyl (C=O) groups excluding carboxylic acids is 1. The van der Waals surface area contributed by atoms with Gasteiger partial charge in [0.1, 0.15) is 11.7 Å². The normalized spacial score (nSPS) is 29.9. The molecule has 10 heavy (non-hydrogen) atoms. The van der Waals surface area contributed by atoms with Crippen LogP contribution < -0.4 is 0 Å². The lowest BCUT2D eigenvalue weighted by molar-refractivity contribution is -0.161. The van der Waals surface area contributed by atoms with Gasteiger partial charge in [-0.2, -0.15) is 0 Å². The van der Waals surface area contributed by atoms with Crippen molar-refractivity contribution in [2.24, 2.45) is 0 Å². The van der Waals surface area contributed by atoms with E-state index in [9.17, 15) is 9.90 Å². The SMILES string of the molecule is CC1(C)OC(=O)C=CC1O. The maximum absolute atomic E-state index is 10.6. The van der Waals surface area contributed by atoms with Crippen LogP contribution in [0, 0.1) is 0 Å². The third kappa shape index (κ3) is 1.19. The fourth-order valence-electron chi connectivity index (χ4n) is 0.755. The maximum atomic E-state index is 10.6. The van der Waals surface area contributed by atoms with Crippen molar-refractivity contribution in [3.63, 3.8) is 0 Å². The second-order valence-electron chi connectivity index (χ2n) is 2.83. The lowest BCUT2D eigenvalue weighted by Crippen LogP contribution is -2.42. The number of cyclic esters (lactones) is 1. The molecule has 0 amide bonds. The molecule has 0 saturated heterocycles. The molecule has 0 bridgehead atoms. The number of hydrogen-bond donors (Lipinski definition) is 1. The van der Waals surface area contributed by atoms with Gasteiger partial charge in [0.05, 0.1) is 0 Å². The molecule has 1 aliphatic heterocycles. The smallest absolute Gasteiger partial charge is 0.331 e. The van der Waals surface area contributed by atoms with Crippen LogP contribution in [0.1, 0.15) is 13.8 Å². The van der Waals surface area contributed by atoms with Crippen LogP contribution in [0.2, 0.25) is 0 Å². The monoisotopic (exact) mass is 142 g/mol. The quantitative estimate of drug-likeness (QED) is 0.493. The molecule has 1 atom stereocenters. The zero-order valence-electron chi connectivity index (χ0n) is 6.00. The third-order valence-electron chi connectivity index (χ3n) is 1.49. The minimum atomic E-state index is -0.772. The van der Waals surface area contributed by atoms with Gasteiger partial charge in [0.25, 0.3) is 0 Å². The highest BCUT2D eigenvalue weighted by Crippen LogP contribution is 2.19. The van der Waals surface area contributed by atoms with E-state index in [2.05, 4.69) is 0 Å². The van der Waals surface area contributed by atoms with Gasteiger partial charge in [-0.25, -0.2) is 4.79 Å². The molecule has 0 aliphatic carbocycles. The van der Waals surface area contributed by atoms with E-state index in [1.807, 2.05) is 0 Å². The highest BCUT2D eigenvalue weighted by molar-refractivity contribution is 5.83. The molecule has 1 aliphatic rings. The predicted octanol–water partition coefficient (Wildman–Crippen LogP) is 0.239. The van der Waals surface area contributed by atoms with E-state index in [0.29, 0.717) is 0 Å². The predicted molar refractivity (Wildman–Crippen MR) is 35.3 cm³/mol. The highest BCUT2D eigenvalue weighted by Gasteiger charge is 2.32. The minimum Gasteiger partial charge on any atom is -0.453 e. The maximum Gasteiger partial charge on any atom is 0.331 e. The van der Waals surface area contributed by atoms with Crippen LogP contribution in [0.25, 0.3) is 0 Å². The Bertz CT molecular complexity index is 181. The number of esters is 1. The first-order valence-corrected chi connectivity index (χ1v) is 3.11. The fraction of sp³-hybridized carbons (Fsp3) is 0.571. The molecule has 3 nitrogen and oxygen atoms in total. The summed E-state index contributed by atoms with van der Waals surface area (Å²) in [5.41, 5.74) is -0.772. The number of aliphatic hydroxyl groups is 1. The number of rotatable bonds is 0. The summed E-state index contributed by atoms with van der Waals surface area (Å²) in [6.45, 7) is 3.33. The molecular formula is C7H10O3. The van der Waals surface area contributed by atoms with Crippen LogP contribution in [0.5, 0.6) is 0 Å². The van der Waals surface area contributed by atoms with Gasteiger partial charge in [0.15, 0.2) is 0 Å². The van der Waals surface area contributed by atoms with Crippen LogP contribution in [0.4, 0.5) is 0 Å². The van der Waals surface area contributed by atoms with Crippen molar-refractivity contribution in [1.82, 2.24) is 0 Å². The summed E-state index contributed by atoms with van der Waals surface area (Å²) in [4.78, 5) is 10.6. The van der Waals surface area contributed by atoms with Crippen molar-refractivity contribution >= 4 is 5.97 Å². The molecule has 1 N–H and O–H groups in total. The Kier molecular flexibility index (Phi) is 1.52. The van der Waals surface area contributed by atoms with E-state index >= 15 is 0 Å². The molecule has 1 heterocycles. The molecule has 0 radical (unpaired) electrons. The van der Waals surface area contributed by atoms with Crippen molar-refractivity contribution < 1.29 is 14.6 Å². The largest absolute Gasteiger partial charge is 0.453 e. The molecule has 0 spiro atoms. The summed E-state index contributed by atoms with van der Waals surface area (Å²) >= 11 is 0. The van der Waals surface area contributed by atoms with Crippen LogP contribution >= 0.6 is 0 Å². The van der Waals surface area contributed by atoms with Crippen molar-refractivity contribution in [2.45, 2.75) is 25.6 Å². The molecule has 0 aromatic rings. The number of ether oxygens (including phenoxy) is 1. The highest BCUT2D eigenvalue weighted by atomic mass is 16.6. The molecular weight excluding hydrogens is 132 g/mol.